The number of rotatable bonds is 4. The maximum absolute atomic E-state index is 12.8. The molecule has 0 aromatic heterocycles. The molecule has 0 saturated carbocycles. The molecule has 0 radical (unpaired) electrons. The van der Waals surface area contributed by atoms with Crippen LogP contribution in [0.25, 0.3) is 0 Å². The van der Waals surface area contributed by atoms with Crippen LogP contribution in [0, 0.1) is 0 Å². The molecule has 1 spiro atoms. The lowest BCUT2D eigenvalue weighted by molar-refractivity contribution is -0.140. The van der Waals surface area contributed by atoms with Gasteiger partial charge >= 0.3 is 0 Å². The highest BCUT2D eigenvalue weighted by molar-refractivity contribution is 5.85. The van der Waals surface area contributed by atoms with Crippen molar-refractivity contribution >= 4 is 17.7 Å². The van der Waals surface area contributed by atoms with Crippen molar-refractivity contribution in [1.29, 1.82) is 0 Å². The molecular weight excluding hydrogens is 366 g/mol. The fourth-order valence-electron chi connectivity index (χ4n) is 5.08. The van der Waals surface area contributed by atoms with Crippen LogP contribution in [0.15, 0.2) is 30.3 Å². The molecule has 3 aliphatic rings. The van der Waals surface area contributed by atoms with Crippen LogP contribution in [0.3, 0.4) is 0 Å². The number of nitrogens with zero attached hydrogens (tertiary/aromatic N) is 3. The van der Waals surface area contributed by atoms with Gasteiger partial charge < -0.3 is 14.7 Å². The summed E-state index contributed by atoms with van der Waals surface area (Å²) >= 11 is 0. The van der Waals surface area contributed by atoms with E-state index in [4.69, 9.17) is 0 Å². The molecule has 156 valence electrons. The average molecular weight is 398 g/mol. The van der Waals surface area contributed by atoms with Gasteiger partial charge in [0.05, 0.1) is 6.54 Å². The number of piperidine rings is 1. The Morgan fingerprint density at radius 2 is 1.55 bits per heavy atom. The monoisotopic (exact) mass is 397 g/mol. The normalized spacial score (nSPS) is 25.6. The van der Waals surface area contributed by atoms with Crippen molar-refractivity contribution in [3.05, 3.63) is 35.9 Å². The van der Waals surface area contributed by atoms with Gasteiger partial charge in [-0.05, 0) is 44.1 Å². The van der Waals surface area contributed by atoms with E-state index < -0.39 is 0 Å². The van der Waals surface area contributed by atoms with Crippen molar-refractivity contribution in [2.45, 2.75) is 63.5 Å². The van der Waals surface area contributed by atoms with Gasteiger partial charge in [-0.25, -0.2) is 0 Å². The van der Waals surface area contributed by atoms with Gasteiger partial charge in [0.1, 0.15) is 0 Å². The van der Waals surface area contributed by atoms with Crippen molar-refractivity contribution in [3.8, 4) is 0 Å². The summed E-state index contributed by atoms with van der Waals surface area (Å²) in [5.41, 5.74) is 0.862. The molecule has 3 aliphatic heterocycles. The van der Waals surface area contributed by atoms with Crippen molar-refractivity contribution in [1.82, 2.24) is 14.7 Å². The number of carbonyl (C=O) groups excluding carboxylic acids is 3. The number of benzene rings is 1. The molecule has 3 fully saturated rings. The third kappa shape index (κ3) is 4.31. The van der Waals surface area contributed by atoms with Crippen LogP contribution in [-0.4, -0.2) is 64.1 Å². The number of hydrogen-bond acceptors (Lipinski definition) is 3. The summed E-state index contributed by atoms with van der Waals surface area (Å²) in [7, 11) is 0. The summed E-state index contributed by atoms with van der Waals surface area (Å²) in [6, 6.07) is 10.1. The maximum atomic E-state index is 12.8. The smallest absolute Gasteiger partial charge is 0.242 e. The molecule has 1 aromatic carbocycles. The van der Waals surface area contributed by atoms with Crippen LogP contribution in [0.4, 0.5) is 0 Å². The molecular formula is C23H31N3O3. The van der Waals surface area contributed by atoms with Gasteiger partial charge in [0.25, 0.3) is 0 Å². The van der Waals surface area contributed by atoms with Crippen LogP contribution in [-0.2, 0) is 20.9 Å². The molecule has 0 N–H and O–H groups in total. The lowest BCUT2D eigenvalue weighted by Gasteiger charge is -2.38. The molecule has 1 atom stereocenters. The zero-order valence-corrected chi connectivity index (χ0v) is 17.1. The Balaban J connectivity index is 1.44. The van der Waals surface area contributed by atoms with E-state index in [0.717, 1.165) is 44.3 Å². The lowest BCUT2D eigenvalue weighted by Crippen LogP contribution is -2.47. The van der Waals surface area contributed by atoms with E-state index in [2.05, 4.69) is 0 Å². The van der Waals surface area contributed by atoms with Crippen molar-refractivity contribution in [2.24, 2.45) is 0 Å². The van der Waals surface area contributed by atoms with E-state index in [1.165, 1.54) is 6.42 Å². The Morgan fingerprint density at radius 3 is 2.28 bits per heavy atom. The first-order valence-electron chi connectivity index (χ1n) is 11.0. The lowest BCUT2D eigenvalue weighted by atomic mass is 9.87. The molecule has 3 amide bonds. The van der Waals surface area contributed by atoms with E-state index in [0.29, 0.717) is 32.4 Å². The third-order valence-electron chi connectivity index (χ3n) is 6.90. The molecule has 0 bridgehead atoms. The van der Waals surface area contributed by atoms with E-state index in [-0.39, 0.29) is 29.8 Å². The minimum Gasteiger partial charge on any atom is -0.341 e. The SMILES string of the molecule is O=C(CN1CCC2(CCC1=O)CCC(=O)N2Cc1ccccc1)N1CCCCC1. The van der Waals surface area contributed by atoms with Crippen LogP contribution in [0.1, 0.15) is 56.9 Å². The second kappa shape index (κ2) is 8.56. The molecule has 1 unspecified atom stereocenters. The van der Waals surface area contributed by atoms with Crippen LogP contribution in [0.2, 0.25) is 0 Å². The molecule has 1 aromatic rings. The summed E-state index contributed by atoms with van der Waals surface area (Å²) in [6.07, 6.45) is 6.50. The molecule has 0 aliphatic carbocycles. The summed E-state index contributed by atoms with van der Waals surface area (Å²) < 4.78 is 0. The predicted molar refractivity (Wildman–Crippen MR) is 110 cm³/mol. The fourth-order valence-corrected chi connectivity index (χ4v) is 5.08. The highest BCUT2D eigenvalue weighted by Gasteiger charge is 2.46. The van der Waals surface area contributed by atoms with Crippen molar-refractivity contribution in [2.75, 3.05) is 26.2 Å². The van der Waals surface area contributed by atoms with Gasteiger partial charge in [0.15, 0.2) is 0 Å². The van der Waals surface area contributed by atoms with E-state index in [1.54, 1.807) is 4.90 Å². The number of carbonyl (C=O) groups is 3. The Hall–Kier alpha value is -2.37. The first-order chi connectivity index (χ1) is 14.1. The molecule has 3 saturated heterocycles. The van der Waals surface area contributed by atoms with Gasteiger partial charge in [-0.15, -0.1) is 0 Å². The van der Waals surface area contributed by atoms with Gasteiger partial charge in [-0.3, -0.25) is 14.4 Å². The Morgan fingerprint density at radius 1 is 0.862 bits per heavy atom. The topological polar surface area (TPSA) is 60.9 Å². The Kier molecular flexibility index (Phi) is 5.88. The number of amides is 3. The Bertz CT molecular complexity index is 760. The summed E-state index contributed by atoms with van der Waals surface area (Å²) in [5, 5.41) is 0. The quantitative estimate of drug-likeness (QED) is 0.785. The number of likely N-dealkylation sites (tertiary alicyclic amines) is 3. The zero-order valence-electron chi connectivity index (χ0n) is 17.1. The highest BCUT2D eigenvalue weighted by Crippen LogP contribution is 2.40. The first kappa shape index (κ1) is 19.9. The van der Waals surface area contributed by atoms with Gasteiger partial charge in [-0.2, -0.15) is 0 Å². The van der Waals surface area contributed by atoms with Crippen LogP contribution in [0.5, 0.6) is 0 Å². The van der Waals surface area contributed by atoms with Gasteiger partial charge in [0, 0.05) is 44.6 Å². The minimum atomic E-state index is -0.258. The van der Waals surface area contributed by atoms with Crippen molar-refractivity contribution < 1.29 is 14.4 Å². The minimum absolute atomic E-state index is 0.0474. The fraction of sp³-hybridized carbons (Fsp3) is 0.609. The second-order valence-corrected chi connectivity index (χ2v) is 8.70. The maximum Gasteiger partial charge on any atom is 0.242 e. The van der Waals surface area contributed by atoms with Gasteiger partial charge in [0.2, 0.25) is 17.7 Å². The van der Waals surface area contributed by atoms with E-state index in [1.807, 2.05) is 40.1 Å². The van der Waals surface area contributed by atoms with Crippen molar-refractivity contribution in [3.63, 3.8) is 0 Å². The molecule has 29 heavy (non-hydrogen) atoms. The molecule has 4 rings (SSSR count). The van der Waals surface area contributed by atoms with E-state index >= 15 is 0 Å². The summed E-state index contributed by atoms with van der Waals surface area (Å²) in [5.74, 6) is 0.294. The largest absolute Gasteiger partial charge is 0.341 e. The molecule has 3 heterocycles. The average Bonchev–Trinajstić information content (AvgIpc) is 2.96. The summed E-state index contributed by atoms with van der Waals surface area (Å²) in [6.45, 7) is 2.95. The standard InChI is InChI=1S/C23H31N3O3/c27-20-9-11-23(12-10-21(28)26(23)17-19-7-3-1-4-8-19)13-16-25(20)18-22(29)24-14-5-2-6-15-24/h1,3-4,7-8H,2,5-6,9-18H2. The highest BCUT2D eigenvalue weighted by atomic mass is 16.2. The summed E-state index contributed by atoms with van der Waals surface area (Å²) in [4.78, 5) is 43.7. The zero-order chi connectivity index (χ0) is 20.3. The predicted octanol–water partition coefficient (Wildman–Crippen LogP) is 2.57. The molecule has 6 heteroatoms. The second-order valence-electron chi connectivity index (χ2n) is 8.70. The first-order valence-corrected chi connectivity index (χ1v) is 11.0. The number of hydrogen-bond donors (Lipinski definition) is 0. The molecule has 6 nitrogen and oxygen atoms in total. The van der Waals surface area contributed by atoms with Gasteiger partial charge in [-0.1, -0.05) is 30.3 Å². The van der Waals surface area contributed by atoms with Crippen LogP contribution < -0.4 is 0 Å². The van der Waals surface area contributed by atoms with Crippen LogP contribution >= 0.6 is 0 Å². The van der Waals surface area contributed by atoms with E-state index in [9.17, 15) is 14.4 Å². The Labute approximate surface area is 172 Å². The third-order valence-corrected chi connectivity index (χ3v) is 6.90.